The SMILES string of the molecule is CC(C#N)c1cnc(-c2ccc(Cl)c(Cl)c2)n1-c1ccnc(NC2CCCN(C(=O)OC(C)(C)C)C2)n1. The third-order valence-corrected chi connectivity index (χ3v) is 6.62. The van der Waals surface area contributed by atoms with E-state index in [2.05, 4.69) is 21.4 Å². The summed E-state index contributed by atoms with van der Waals surface area (Å²) in [5.41, 5.74) is 0.866. The van der Waals surface area contributed by atoms with E-state index in [-0.39, 0.29) is 12.1 Å². The number of nitriles is 1. The Hall–Kier alpha value is -3.35. The van der Waals surface area contributed by atoms with Crippen molar-refractivity contribution >= 4 is 35.2 Å². The highest BCUT2D eigenvalue weighted by molar-refractivity contribution is 6.42. The summed E-state index contributed by atoms with van der Waals surface area (Å²) in [6, 6.07) is 9.26. The number of hydrogen-bond acceptors (Lipinski definition) is 7. The molecule has 1 amide bonds. The number of ether oxygens (including phenoxy) is 1. The van der Waals surface area contributed by atoms with Crippen LogP contribution in [0.4, 0.5) is 10.7 Å². The lowest BCUT2D eigenvalue weighted by atomic mass is 10.1. The summed E-state index contributed by atoms with van der Waals surface area (Å²) in [6.07, 6.45) is 4.69. The number of anilines is 1. The van der Waals surface area contributed by atoms with Gasteiger partial charge in [-0.05, 0) is 64.8 Å². The first-order valence-electron chi connectivity index (χ1n) is 12.1. The van der Waals surface area contributed by atoms with Crippen molar-refractivity contribution in [2.45, 2.75) is 58.1 Å². The summed E-state index contributed by atoms with van der Waals surface area (Å²) in [5, 5.41) is 13.8. The van der Waals surface area contributed by atoms with Gasteiger partial charge in [0.2, 0.25) is 5.95 Å². The van der Waals surface area contributed by atoms with E-state index in [4.69, 9.17) is 32.9 Å². The summed E-state index contributed by atoms with van der Waals surface area (Å²) in [4.78, 5) is 28.0. The number of aromatic nitrogens is 4. The Morgan fingerprint density at radius 1 is 1.24 bits per heavy atom. The summed E-state index contributed by atoms with van der Waals surface area (Å²) >= 11 is 12.4. The number of amides is 1. The van der Waals surface area contributed by atoms with E-state index in [9.17, 15) is 10.1 Å². The number of likely N-dealkylation sites (tertiary alicyclic amines) is 1. The quantitative estimate of drug-likeness (QED) is 0.417. The van der Waals surface area contributed by atoms with Crippen LogP contribution < -0.4 is 5.32 Å². The second-order valence-electron chi connectivity index (χ2n) is 9.97. The molecule has 1 N–H and O–H groups in total. The smallest absolute Gasteiger partial charge is 0.410 e. The lowest BCUT2D eigenvalue weighted by Gasteiger charge is -2.34. The number of halogens is 2. The van der Waals surface area contributed by atoms with Gasteiger partial charge in [0, 0.05) is 30.9 Å². The van der Waals surface area contributed by atoms with Crippen molar-refractivity contribution in [3.63, 3.8) is 0 Å². The number of nitrogens with one attached hydrogen (secondary N) is 1. The van der Waals surface area contributed by atoms with E-state index in [1.165, 1.54) is 0 Å². The summed E-state index contributed by atoms with van der Waals surface area (Å²) < 4.78 is 7.36. The second-order valence-corrected chi connectivity index (χ2v) is 10.8. The Morgan fingerprint density at radius 2 is 2.03 bits per heavy atom. The molecule has 194 valence electrons. The van der Waals surface area contributed by atoms with Crippen LogP contribution in [0.25, 0.3) is 17.2 Å². The van der Waals surface area contributed by atoms with Crippen molar-refractivity contribution in [3.05, 3.63) is 52.4 Å². The lowest BCUT2D eigenvalue weighted by molar-refractivity contribution is 0.0206. The normalized spacial score (nSPS) is 16.7. The van der Waals surface area contributed by atoms with Gasteiger partial charge in [-0.15, -0.1) is 0 Å². The fraction of sp³-hybridized carbons (Fsp3) is 0.423. The molecule has 1 aliphatic heterocycles. The van der Waals surface area contributed by atoms with Gasteiger partial charge in [-0.3, -0.25) is 4.57 Å². The van der Waals surface area contributed by atoms with Gasteiger partial charge in [-0.25, -0.2) is 14.8 Å². The maximum absolute atomic E-state index is 12.6. The van der Waals surface area contributed by atoms with Gasteiger partial charge in [-0.1, -0.05) is 23.2 Å². The Balaban J connectivity index is 1.62. The predicted octanol–water partition coefficient (Wildman–Crippen LogP) is 6.07. The van der Waals surface area contributed by atoms with Crippen LogP contribution in [0.2, 0.25) is 10.0 Å². The van der Waals surface area contributed by atoms with Crippen molar-refractivity contribution in [3.8, 4) is 23.3 Å². The van der Waals surface area contributed by atoms with Gasteiger partial charge in [0.1, 0.15) is 17.2 Å². The molecule has 0 bridgehead atoms. The third kappa shape index (κ3) is 6.32. The van der Waals surface area contributed by atoms with E-state index in [0.29, 0.717) is 46.4 Å². The summed E-state index contributed by atoms with van der Waals surface area (Å²) in [6.45, 7) is 8.50. The van der Waals surface area contributed by atoms with Crippen LogP contribution in [-0.4, -0.2) is 55.2 Å². The molecule has 1 aromatic carbocycles. The van der Waals surface area contributed by atoms with Crippen LogP contribution in [0, 0.1) is 11.3 Å². The zero-order chi connectivity index (χ0) is 26.7. The number of carbonyl (C=O) groups excluding carboxylic acids is 1. The zero-order valence-electron chi connectivity index (χ0n) is 21.2. The predicted molar refractivity (Wildman–Crippen MR) is 143 cm³/mol. The highest BCUT2D eigenvalue weighted by atomic mass is 35.5. The van der Waals surface area contributed by atoms with Gasteiger partial charge in [0.05, 0.1) is 33.9 Å². The molecule has 0 spiro atoms. The molecule has 4 rings (SSSR count). The van der Waals surface area contributed by atoms with Crippen molar-refractivity contribution < 1.29 is 9.53 Å². The van der Waals surface area contributed by atoms with Crippen LogP contribution in [-0.2, 0) is 4.74 Å². The van der Waals surface area contributed by atoms with Crippen molar-refractivity contribution in [1.82, 2.24) is 24.4 Å². The van der Waals surface area contributed by atoms with Crippen LogP contribution in [0.5, 0.6) is 0 Å². The molecular formula is C26H29Cl2N7O2. The van der Waals surface area contributed by atoms with Crippen LogP contribution in [0.1, 0.15) is 52.1 Å². The molecule has 0 saturated carbocycles. The molecule has 0 aliphatic carbocycles. The molecule has 1 saturated heterocycles. The topological polar surface area (TPSA) is 109 Å². The van der Waals surface area contributed by atoms with Crippen molar-refractivity contribution in [2.24, 2.45) is 0 Å². The number of nitrogens with zero attached hydrogens (tertiary/aromatic N) is 6. The Kier molecular flexibility index (Phi) is 7.90. The van der Waals surface area contributed by atoms with Crippen molar-refractivity contribution in [1.29, 1.82) is 5.26 Å². The van der Waals surface area contributed by atoms with Gasteiger partial charge in [-0.2, -0.15) is 10.2 Å². The van der Waals surface area contributed by atoms with Crippen LogP contribution >= 0.6 is 23.2 Å². The monoisotopic (exact) mass is 541 g/mol. The molecule has 1 fully saturated rings. The summed E-state index contributed by atoms with van der Waals surface area (Å²) in [7, 11) is 0. The maximum Gasteiger partial charge on any atom is 0.410 e. The lowest BCUT2D eigenvalue weighted by Crippen LogP contribution is -2.47. The van der Waals surface area contributed by atoms with E-state index >= 15 is 0 Å². The number of hydrogen-bond donors (Lipinski definition) is 1. The fourth-order valence-electron chi connectivity index (χ4n) is 4.13. The molecular weight excluding hydrogens is 513 g/mol. The number of benzene rings is 1. The first kappa shape index (κ1) is 26.7. The van der Waals surface area contributed by atoms with Crippen LogP contribution in [0.3, 0.4) is 0 Å². The number of rotatable bonds is 5. The minimum Gasteiger partial charge on any atom is -0.444 e. The number of carbonyl (C=O) groups is 1. The second kappa shape index (κ2) is 11.0. The molecule has 2 unspecified atom stereocenters. The van der Waals surface area contributed by atoms with E-state index in [1.54, 1.807) is 42.4 Å². The molecule has 3 heterocycles. The van der Waals surface area contributed by atoms with E-state index < -0.39 is 11.5 Å². The number of imidazole rings is 1. The molecule has 0 radical (unpaired) electrons. The minimum absolute atomic E-state index is 0.0358. The first-order valence-corrected chi connectivity index (χ1v) is 12.8. The maximum atomic E-state index is 12.6. The van der Waals surface area contributed by atoms with Gasteiger partial charge >= 0.3 is 6.09 Å². The Bertz CT molecular complexity index is 1330. The average molecular weight is 542 g/mol. The number of piperidine rings is 1. The molecule has 9 nitrogen and oxygen atoms in total. The van der Waals surface area contributed by atoms with E-state index in [0.717, 1.165) is 18.4 Å². The zero-order valence-corrected chi connectivity index (χ0v) is 22.7. The average Bonchev–Trinajstić information content (AvgIpc) is 3.30. The van der Waals surface area contributed by atoms with E-state index in [1.807, 2.05) is 31.4 Å². The summed E-state index contributed by atoms with van der Waals surface area (Å²) in [5.74, 6) is 1.11. The van der Waals surface area contributed by atoms with Gasteiger partial charge in [0.25, 0.3) is 0 Å². The first-order chi connectivity index (χ1) is 17.6. The fourth-order valence-corrected chi connectivity index (χ4v) is 4.43. The van der Waals surface area contributed by atoms with Crippen molar-refractivity contribution in [2.75, 3.05) is 18.4 Å². The van der Waals surface area contributed by atoms with Crippen LogP contribution in [0.15, 0.2) is 36.7 Å². The standard InChI is InChI=1S/C26H29Cl2N7O2/c1-16(13-29)21-14-31-23(17-7-8-19(27)20(28)12-17)35(21)22-9-10-30-24(33-22)32-18-6-5-11-34(15-18)25(36)37-26(2,3)4/h7-10,12,14,16,18H,5-6,11,15H2,1-4H3,(H,30,32,33). The van der Waals surface area contributed by atoms with Gasteiger partial charge in [0.15, 0.2) is 0 Å². The van der Waals surface area contributed by atoms with Gasteiger partial charge < -0.3 is 15.0 Å². The highest BCUT2D eigenvalue weighted by Crippen LogP contribution is 2.31. The Labute approximate surface area is 226 Å². The molecule has 37 heavy (non-hydrogen) atoms. The molecule has 2 aromatic heterocycles. The molecule has 1 aliphatic rings. The Morgan fingerprint density at radius 3 is 2.73 bits per heavy atom. The minimum atomic E-state index is -0.552. The highest BCUT2D eigenvalue weighted by Gasteiger charge is 2.28. The molecule has 2 atom stereocenters. The third-order valence-electron chi connectivity index (χ3n) is 5.88. The largest absolute Gasteiger partial charge is 0.444 e. The molecule has 3 aromatic rings. The molecule has 11 heteroatoms.